The highest BCUT2D eigenvalue weighted by Gasteiger charge is 2.26. The molecule has 0 aliphatic carbocycles. The Kier molecular flexibility index (Phi) is 4.88. The summed E-state index contributed by atoms with van der Waals surface area (Å²) in [6.07, 6.45) is 2.94. The van der Waals surface area contributed by atoms with Gasteiger partial charge in [-0.05, 0) is 23.8 Å². The third-order valence-corrected chi connectivity index (χ3v) is 4.79. The van der Waals surface area contributed by atoms with Crippen LogP contribution in [-0.4, -0.2) is 49.6 Å². The molecule has 7 nitrogen and oxygen atoms in total. The van der Waals surface area contributed by atoms with Crippen molar-refractivity contribution in [3.63, 3.8) is 0 Å². The summed E-state index contributed by atoms with van der Waals surface area (Å²) in [6.45, 7) is 2.67. The Labute approximate surface area is 142 Å². The van der Waals surface area contributed by atoms with E-state index in [1.165, 1.54) is 11.8 Å². The standard InChI is InChI=1S/C16H22N4O3S/c1-23-16-5-3-13(4-6-16)10-19-11-14-7-8-17-20(14)15(12-19)9-18-24(2,21)22/h3-8,15,18H,9-12H2,1-2H3/t15-/m0/s1. The van der Waals surface area contributed by atoms with Gasteiger partial charge in [-0.15, -0.1) is 0 Å². The van der Waals surface area contributed by atoms with Gasteiger partial charge in [0.25, 0.3) is 0 Å². The van der Waals surface area contributed by atoms with Crippen LogP contribution in [0.1, 0.15) is 17.3 Å². The van der Waals surface area contributed by atoms with Gasteiger partial charge in [0.2, 0.25) is 10.0 Å². The molecule has 1 N–H and O–H groups in total. The molecular formula is C16H22N4O3S. The number of methoxy groups -OCH3 is 1. The van der Waals surface area contributed by atoms with E-state index in [2.05, 4.69) is 26.9 Å². The van der Waals surface area contributed by atoms with Gasteiger partial charge in [-0.1, -0.05) is 12.1 Å². The van der Waals surface area contributed by atoms with Gasteiger partial charge in [0, 0.05) is 32.4 Å². The lowest BCUT2D eigenvalue weighted by molar-refractivity contribution is 0.168. The lowest BCUT2D eigenvalue weighted by Crippen LogP contribution is -2.42. The fourth-order valence-electron chi connectivity index (χ4n) is 2.97. The molecule has 3 rings (SSSR count). The predicted molar refractivity (Wildman–Crippen MR) is 91.2 cm³/mol. The minimum atomic E-state index is -3.22. The van der Waals surface area contributed by atoms with Crippen LogP contribution in [0.25, 0.3) is 0 Å². The van der Waals surface area contributed by atoms with Gasteiger partial charge in [0.05, 0.1) is 25.1 Å². The van der Waals surface area contributed by atoms with Crippen LogP contribution in [0.5, 0.6) is 5.75 Å². The second-order valence-corrected chi connectivity index (χ2v) is 7.89. The summed E-state index contributed by atoms with van der Waals surface area (Å²) in [6, 6.07) is 9.96. The van der Waals surface area contributed by atoms with Crippen LogP contribution >= 0.6 is 0 Å². The van der Waals surface area contributed by atoms with Crippen LogP contribution in [-0.2, 0) is 23.1 Å². The van der Waals surface area contributed by atoms with Crippen LogP contribution in [0.15, 0.2) is 36.5 Å². The molecule has 0 fully saturated rings. The molecule has 0 spiro atoms. The average molecular weight is 350 g/mol. The van der Waals surface area contributed by atoms with Crippen molar-refractivity contribution in [3.05, 3.63) is 47.8 Å². The first kappa shape index (κ1) is 16.9. The number of ether oxygens (including phenoxy) is 1. The highest BCUT2D eigenvalue weighted by atomic mass is 32.2. The van der Waals surface area contributed by atoms with Crippen molar-refractivity contribution in [1.82, 2.24) is 19.4 Å². The summed E-state index contributed by atoms with van der Waals surface area (Å²) in [5, 5.41) is 4.34. The molecule has 0 saturated carbocycles. The van der Waals surface area contributed by atoms with E-state index in [0.717, 1.165) is 31.1 Å². The van der Waals surface area contributed by atoms with E-state index >= 15 is 0 Å². The highest BCUT2D eigenvalue weighted by molar-refractivity contribution is 7.88. The molecule has 24 heavy (non-hydrogen) atoms. The van der Waals surface area contributed by atoms with E-state index in [1.54, 1.807) is 13.3 Å². The molecule has 2 aromatic rings. The first-order valence-corrected chi connectivity index (χ1v) is 9.66. The Balaban J connectivity index is 1.71. The van der Waals surface area contributed by atoms with Crippen molar-refractivity contribution in [3.8, 4) is 5.75 Å². The van der Waals surface area contributed by atoms with Gasteiger partial charge >= 0.3 is 0 Å². The van der Waals surface area contributed by atoms with Crippen LogP contribution in [0.2, 0.25) is 0 Å². The molecule has 0 amide bonds. The minimum Gasteiger partial charge on any atom is -0.497 e. The molecule has 0 unspecified atom stereocenters. The number of fused-ring (bicyclic) bond motifs is 1. The maximum atomic E-state index is 11.4. The molecule has 0 radical (unpaired) electrons. The summed E-state index contributed by atoms with van der Waals surface area (Å²) in [5.41, 5.74) is 2.29. The van der Waals surface area contributed by atoms with Crippen molar-refractivity contribution in [2.45, 2.75) is 19.1 Å². The van der Waals surface area contributed by atoms with E-state index in [4.69, 9.17) is 4.74 Å². The van der Waals surface area contributed by atoms with Crippen molar-refractivity contribution < 1.29 is 13.2 Å². The number of nitrogens with zero attached hydrogens (tertiary/aromatic N) is 3. The summed E-state index contributed by atoms with van der Waals surface area (Å²) in [7, 11) is -1.56. The summed E-state index contributed by atoms with van der Waals surface area (Å²) in [4.78, 5) is 2.30. The first-order valence-electron chi connectivity index (χ1n) is 7.77. The average Bonchev–Trinajstić information content (AvgIpc) is 3.01. The first-order chi connectivity index (χ1) is 11.4. The maximum Gasteiger partial charge on any atom is 0.208 e. The van der Waals surface area contributed by atoms with E-state index in [1.807, 2.05) is 22.9 Å². The van der Waals surface area contributed by atoms with Gasteiger partial charge in [0.1, 0.15) is 5.75 Å². The van der Waals surface area contributed by atoms with Crippen LogP contribution < -0.4 is 9.46 Å². The molecule has 1 aliphatic rings. The Morgan fingerprint density at radius 1 is 1.29 bits per heavy atom. The Morgan fingerprint density at radius 3 is 2.71 bits per heavy atom. The smallest absolute Gasteiger partial charge is 0.208 e. The van der Waals surface area contributed by atoms with Gasteiger partial charge in [-0.25, -0.2) is 13.1 Å². The zero-order valence-electron chi connectivity index (χ0n) is 13.8. The molecule has 1 aliphatic heterocycles. The monoisotopic (exact) mass is 350 g/mol. The molecular weight excluding hydrogens is 328 g/mol. The number of hydrogen-bond donors (Lipinski definition) is 1. The molecule has 1 aromatic heterocycles. The minimum absolute atomic E-state index is 0.0169. The second-order valence-electron chi connectivity index (χ2n) is 6.06. The quantitative estimate of drug-likeness (QED) is 0.841. The molecule has 8 heteroatoms. The van der Waals surface area contributed by atoms with Gasteiger partial charge in [0.15, 0.2) is 0 Å². The van der Waals surface area contributed by atoms with Crippen molar-refractivity contribution in [1.29, 1.82) is 0 Å². The van der Waals surface area contributed by atoms with E-state index in [-0.39, 0.29) is 6.04 Å². The fourth-order valence-corrected chi connectivity index (χ4v) is 3.47. The number of aromatic nitrogens is 2. The van der Waals surface area contributed by atoms with E-state index in [9.17, 15) is 8.42 Å². The summed E-state index contributed by atoms with van der Waals surface area (Å²) >= 11 is 0. The lowest BCUT2D eigenvalue weighted by Gasteiger charge is -2.34. The summed E-state index contributed by atoms with van der Waals surface area (Å²) in [5.74, 6) is 0.839. The Bertz CT molecular complexity index is 786. The Morgan fingerprint density at radius 2 is 2.04 bits per heavy atom. The van der Waals surface area contributed by atoms with Crippen molar-refractivity contribution in [2.24, 2.45) is 0 Å². The van der Waals surface area contributed by atoms with Gasteiger partial charge in [-0.2, -0.15) is 5.10 Å². The lowest BCUT2D eigenvalue weighted by atomic mass is 10.1. The van der Waals surface area contributed by atoms with Crippen LogP contribution in [0.4, 0.5) is 0 Å². The molecule has 2 heterocycles. The van der Waals surface area contributed by atoms with Crippen molar-refractivity contribution >= 4 is 10.0 Å². The van der Waals surface area contributed by atoms with Crippen LogP contribution in [0, 0.1) is 0 Å². The molecule has 0 saturated heterocycles. The van der Waals surface area contributed by atoms with Crippen LogP contribution in [0.3, 0.4) is 0 Å². The number of benzene rings is 1. The number of hydrogen-bond acceptors (Lipinski definition) is 5. The number of sulfonamides is 1. The molecule has 0 bridgehead atoms. The third kappa shape index (κ3) is 4.14. The SMILES string of the molecule is COc1ccc(CN2Cc3ccnn3[C@@H](CNS(C)(=O)=O)C2)cc1. The predicted octanol–water partition coefficient (Wildman–Crippen LogP) is 0.998. The van der Waals surface area contributed by atoms with Gasteiger partial charge < -0.3 is 4.74 Å². The zero-order valence-corrected chi connectivity index (χ0v) is 14.7. The topological polar surface area (TPSA) is 76.5 Å². The van der Waals surface area contributed by atoms with E-state index < -0.39 is 10.0 Å². The number of nitrogens with one attached hydrogen (secondary N) is 1. The maximum absolute atomic E-state index is 11.4. The fraction of sp³-hybridized carbons (Fsp3) is 0.438. The highest BCUT2D eigenvalue weighted by Crippen LogP contribution is 2.22. The van der Waals surface area contributed by atoms with Gasteiger partial charge in [-0.3, -0.25) is 9.58 Å². The summed E-state index contributed by atoms with van der Waals surface area (Å²) < 4.78 is 32.5. The second kappa shape index (κ2) is 6.92. The Hall–Kier alpha value is -1.90. The number of rotatable bonds is 6. The third-order valence-electron chi connectivity index (χ3n) is 4.10. The largest absolute Gasteiger partial charge is 0.497 e. The zero-order chi connectivity index (χ0) is 17.2. The normalized spacial score (nSPS) is 18.3. The van der Waals surface area contributed by atoms with E-state index in [0.29, 0.717) is 6.54 Å². The molecule has 130 valence electrons. The van der Waals surface area contributed by atoms with Crippen molar-refractivity contribution in [2.75, 3.05) is 26.5 Å². The molecule has 1 atom stereocenters. The molecule has 1 aromatic carbocycles.